The van der Waals surface area contributed by atoms with Gasteiger partial charge < -0.3 is 9.88 Å². The fraction of sp³-hybridized carbons (Fsp3) is 0.800. The van der Waals surface area contributed by atoms with Crippen molar-refractivity contribution in [2.75, 3.05) is 26.7 Å². The lowest BCUT2D eigenvalue weighted by Gasteiger charge is -2.41. The molecule has 1 N–H and O–H groups in total. The second-order valence-corrected chi connectivity index (χ2v) is 5.55. The number of hydrogen-bond acceptors (Lipinski definition) is 3. The van der Waals surface area contributed by atoms with Gasteiger partial charge in [0.25, 0.3) is 0 Å². The van der Waals surface area contributed by atoms with E-state index < -0.39 is 0 Å². The Hall–Kier alpha value is -0.870. The van der Waals surface area contributed by atoms with Crippen molar-refractivity contribution in [1.29, 1.82) is 0 Å². The van der Waals surface area contributed by atoms with Crippen LogP contribution in [0.1, 0.15) is 44.8 Å². The zero-order chi connectivity index (χ0) is 13.7. The minimum Gasteiger partial charge on any atom is -0.333 e. The van der Waals surface area contributed by atoms with E-state index in [0.717, 1.165) is 13.1 Å². The van der Waals surface area contributed by atoms with Gasteiger partial charge in [-0.25, -0.2) is 4.98 Å². The van der Waals surface area contributed by atoms with Crippen molar-refractivity contribution in [2.45, 2.75) is 45.7 Å². The molecule has 1 saturated heterocycles. The summed E-state index contributed by atoms with van der Waals surface area (Å²) in [6, 6.07) is 0.531. The molecule has 0 spiro atoms. The average Bonchev–Trinajstić information content (AvgIpc) is 2.88. The summed E-state index contributed by atoms with van der Waals surface area (Å²) in [4.78, 5) is 7.03. The summed E-state index contributed by atoms with van der Waals surface area (Å²) in [5.41, 5.74) is 1.40. The number of piperidine rings is 1. The van der Waals surface area contributed by atoms with E-state index in [2.05, 4.69) is 46.9 Å². The number of imidazole rings is 1. The standard InChI is InChI=1S/C15H28N4/c1-4-8-19-9-6-7-13(10-16-3)15(19)14-11-17-12-18(14)5-2/h11-13,15-16H,4-10H2,1-3H3. The zero-order valence-corrected chi connectivity index (χ0v) is 12.6. The Morgan fingerprint density at radius 3 is 2.95 bits per heavy atom. The number of aryl methyl sites for hydroxylation is 1. The summed E-state index contributed by atoms with van der Waals surface area (Å²) in [5, 5.41) is 3.37. The van der Waals surface area contributed by atoms with Gasteiger partial charge in [-0.2, -0.15) is 0 Å². The summed E-state index contributed by atoms with van der Waals surface area (Å²) in [6.45, 7) is 9.01. The van der Waals surface area contributed by atoms with Gasteiger partial charge in [0.05, 0.1) is 18.1 Å². The first-order valence-electron chi connectivity index (χ1n) is 7.70. The Labute approximate surface area is 117 Å². The van der Waals surface area contributed by atoms with E-state index in [1.165, 1.54) is 38.0 Å². The molecule has 19 heavy (non-hydrogen) atoms. The van der Waals surface area contributed by atoms with Gasteiger partial charge in [-0.05, 0) is 58.8 Å². The van der Waals surface area contributed by atoms with Gasteiger partial charge in [0.1, 0.15) is 0 Å². The number of aromatic nitrogens is 2. The molecule has 0 aromatic carbocycles. The maximum absolute atomic E-state index is 4.37. The second-order valence-electron chi connectivity index (χ2n) is 5.55. The maximum atomic E-state index is 4.37. The zero-order valence-electron chi connectivity index (χ0n) is 12.6. The van der Waals surface area contributed by atoms with Gasteiger partial charge in [-0.3, -0.25) is 4.90 Å². The first kappa shape index (κ1) is 14.5. The Balaban J connectivity index is 2.26. The molecule has 1 fully saturated rings. The highest BCUT2D eigenvalue weighted by atomic mass is 15.2. The average molecular weight is 264 g/mol. The van der Waals surface area contributed by atoms with Gasteiger partial charge >= 0.3 is 0 Å². The van der Waals surface area contributed by atoms with Gasteiger partial charge in [0.2, 0.25) is 0 Å². The highest BCUT2D eigenvalue weighted by Gasteiger charge is 2.33. The van der Waals surface area contributed by atoms with Crippen LogP contribution in [0.25, 0.3) is 0 Å². The van der Waals surface area contributed by atoms with E-state index in [1.54, 1.807) is 0 Å². The minimum atomic E-state index is 0.531. The number of nitrogens with one attached hydrogen (secondary N) is 1. The van der Waals surface area contributed by atoms with Crippen LogP contribution < -0.4 is 5.32 Å². The summed E-state index contributed by atoms with van der Waals surface area (Å²) < 4.78 is 2.31. The second kappa shape index (κ2) is 7.06. The lowest BCUT2D eigenvalue weighted by atomic mass is 9.87. The van der Waals surface area contributed by atoms with Crippen LogP contribution in [-0.4, -0.2) is 41.1 Å². The predicted molar refractivity (Wildman–Crippen MR) is 79.2 cm³/mol. The monoisotopic (exact) mass is 264 g/mol. The number of hydrogen-bond donors (Lipinski definition) is 1. The lowest BCUT2D eigenvalue weighted by molar-refractivity contribution is 0.0868. The van der Waals surface area contributed by atoms with Crippen LogP contribution in [0.3, 0.4) is 0 Å². The van der Waals surface area contributed by atoms with E-state index >= 15 is 0 Å². The Kier molecular flexibility index (Phi) is 5.40. The van der Waals surface area contributed by atoms with Crippen LogP contribution in [0.5, 0.6) is 0 Å². The van der Waals surface area contributed by atoms with Crippen LogP contribution in [-0.2, 0) is 6.54 Å². The number of likely N-dealkylation sites (tertiary alicyclic amines) is 1. The van der Waals surface area contributed by atoms with E-state index in [0.29, 0.717) is 12.0 Å². The lowest BCUT2D eigenvalue weighted by Crippen LogP contribution is -2.43. The van der Waals surface area contributed by atoms with Gasteiger partial charge in [-0.15, -0.1) is 0 Å². The molecule has 4 heteroatoms. The molecule has 2 unspecified atom stereocenters. The Morgan fingerprint density at radius 2 is 2.26 bits per heavy atom. The summed E-state index contributed by atoms with van der Waals surface area (Å²) in [6.07, 6.45) is 7.92. The largest absolute Gasteiger partial charge is 0.333 e. The first-order valence-corrected chi connectivity index (χ1v) is 7.70. The van der Waals surface area contributed by atoms with E-state index in [4.69, 9.17) is 0 Å². The smallest absolute Gasteiger partial charge is 0.0948 e. The predicted octanol–water partition coefficient (Wildman–Crippen LogP) is 2.29. The fourth-order valence-electron chi connectivity index (χ4n) is 3.44. The number of rotatable bonds is 6. The van der Waals surface area contributed by atoms with Crippen LogP contribution in [0, 0.1) is 5.92 Å². The molecule has 4 nitrogen and oxygen atoms in total. The molecule has 0 saturated carbocycles. The number of nitrogens with zero attached hydrogens (tertiary/aromatic N) is 3. The molecule has 0 amide bonds. The molecule has 2 rings (SSSR count). The quantitative estimate of drug-likeness (QED) is 0.856. The topological polar surface area (TPSA) is 33.1 Å². The molecule has 1 aromatic rings. The van der Waals surface area contributed by atoms with Crippen molar-refractivity contribution in [1.82, 2.24) is 19.8 Å². The normalized spacial score (nSPS) is 24.8. The van der Waals surface area contributed by atoms with Crippen molar-refractivity contribution in [3.05, 3.63) is 18.2 Å². The minimum absolute atomic E-state index is 0.531. The van der Waals surface area contributed by atoms with Crippen molar-refractivity contribution in [2.24, 2.45) is 5.92 Å². The van der Waals surface area contributed by atoms with Crippen molar-refractivity contribution in [3.63, 3.8) is 0 Å². The summed E-state index contributed by atoms with van der Waals surface area (Å²) in [7, 11) is 2.06. The molecule has 1 aliphatic heterocycles. The molecule has 0 radical (unpaired) electrons. The molecular weight excluding hydrogens is 236 g/mol. The molecular formula is C15H28N4. The van der Waals surface area contributed by atoms with E-state index in [1.807, 2.05) is 6.33 Å². The van der Waals surface area contributed by atoms with E-state index in [9.17, 15) is 0 Å². The molecule has 108 valence electrons. The fourth-order valence-corrected chi connectivity index (χ4v) is 3.44. The maximum Gasteiger partial charge on any atom is 0.0948 e. The molecule has 1 aliphatic rings. The van der Waals surface area contributed by atoms with E-state index in [-0.39, 0.29) is 0 Å². The van der Waals surface area contributed by atoms with Crippen LogP contribution in [0.2, 0.25) is 0 Å². The van der Waals surface area contributed by atoms with Gasteiger partial charge in [-0.1, -0.05) is 6.92 Å². The van der Waals surface area contributed by atoms with Gasteiger partial charge in [0.15, 0.2) is 0 Å². The first-order chi connectivity index (χ1) is 9.31. The van der Waals surface area contributed by atoms with Crippen LogP contribution in [0.15, 0.2) is 12.5 Å². The molecule has 2 atom stereocenters. The summed E-state index contributed by atoms with van der Waals surface area (Å²) >= 11 is 0. The van der Waals surface area contributed by atoms with Crippen LogP contribution >= 0.6 is 0 Å². The third kappa shape index (κ3) is 3.18. The SMILES string of the molecule is CCCN1CCCC(CNC)C1c1cncn1CC. The summed E-state index contributed by atoms with van der Waals surface area (Å²) in [5.74, 6) is 0.701. The molecule has 0 aliphatic carbocycles. The third-order valence-corrected chi connectivity index (χ3v) is 4.23. The van der Waals surface area contributed by atoms with Crippen molar-refractivity contribution >= 4 is 0 Å². The molecule has 2 heterocycles. The molecule has 1 aromatic heterocycles. The van der Waals surface area contributed by atoms with Gasteiger partial charge in [0, 0.05) is 12.7 Å². The Morgan fingerprint density at radius 1 is 1.42 bits per heavy atom. The Bertz CT molecular complexity index is 356. The third-order valence-electron chi connectivity index (χ3n) is 4.23. The van der Waals surface area contributed by atoms with Crippen molar-refractivity contribution < 1.29 is 0 Å². The highest BCUT2D eigenvalue weighted by Crippen LogP contribution is 2.35. The highest BCUT2D eigenvalue weighted by molar-refractivity contribution is 5.09. The van der Waals surface area contributed by atoms with Crippen LogP contribution in [0.4, 0.5) is 0 Å². The molecule has 0 bridgehead atoms. The van der Waals surface area contributed by atoms with Crippen molar-refractivity contribution in [3.8, 4) is 0 Å².